The Labute approximate surface area is 137 Å². The van der Waals surface area contributed by atoms with E-state index in [4.69, 9.17) is 0 Å². The molecule has 23 heavy (non-hydrogen) atoms. The van der Waals surface area contributed by atoms with E-state index in [-0.39, 0.29) is 17.9 Å². The average molecular weight is 309 g/mol. The number of carbonyl (C=O) groups excluding carboxylic acids is 1. The molecule has 0 spiro atoms. The Hall–Kier alpha value is -2.20. The van der Waals surface area contributed by atoms with E-state index in [1.165, 1.54) is 11.1 Å². The first-order valence-corrected chi connectivity index (χ1v) is 8.20. The van der Waals surface area contributed by atoms with Gasteiger partial charge >= 0.3 is 0 Å². The number of pyridine rings is 1. The van der Waals surface area contributed by atoms with Crippen molar-refractivity contribution in [2.75, 3.05) is 13.1 Å². The van der Waals surface area contributed by atoms with Crippen molar-refractivity contribution >= 4 is 5.91 Å². The lowest BCUT2D eigenvalue weighted by Gasteiger charge is -2.20. The first kappa shape index (κ1) is 15.7. The minimum Gasteiger partial charge on any atom is -0.347 e. The van der Waals surface area contributed by atoms with Crippen molar-refractivity contribution in [1.29, 1.82) is 0 Å². The Morgan fingerprint density at radius 1 is 1.30 bits per heavy atom. The molecular weight excluding hydrogens is 286 g/mol. The maximum atomic E-state index is 12.5. The maximum absolute atomic E-state index is 12.5. The standard InChI is InChI=1S/C19H23N3O/c1-14-5-7-15(8-6-14)12-18(17-4-2-3-10-21-17)22-19(23)16-9-11-20-13-16/h2-8,10,16,18,20H,9,11-13H2,1H3,(H,22,23). The lowest BCUT2D eigenvalue weighted by Crippen LogP contribution is -2.36. The molecule has 4 heteroatoms. The molecule has 1 fully saturated rings. The van der Waals surface area contributed by atoms with Crippen LogP contribution in [-0.2, 0) is 11.2 Å². The highest BCUT2D eigenvalue weighted by Gasteiger charge is 2.25. The van der Waals surface area contributed by atoms with Gasteiger partial charge < -0.3 is 10.6 Å². The molecule has 2 atom stereocenters. The summed E-state index contributed by atoms with van der Waals surface area (Å²) in [7, 11) is 0. The summed E-state index contributed by atoms with van der Waals surface area (Å²) in [6.07, 6.45) is 3.44. The van der Waals surface area contributed by atoms with Gasteiger partial charge in [0.1, 0.15) is 0 Å². The molecule has 0 saturated carbocycles. The second kappa shape index (κ2) is 7.38. The number of hydrogen-bond donors (Lipinski definition) is 2. The van der Waals surface area contributed by atoms with Gasteiger partial charge in [-0.25, -0.2) is 0 Å². The van der Waals surface area contributed by atoms with Gasteiger partial charge in [-0.15, -0.1) is 0 Å². The Balaban J connectivity index is 1.76. The third-order valence-corrected chi connectivity index (χ3v) is 4.35. The minimum absolute atomic E-state index is 0.0687. The number of nitrogens with one attached hydrogen (secondary N) is 2. The molecule has 1 aromatic heterocycles. The van der Waals surface area contributed by atoms with Gasteiger partial charge in [0.15, 0.2) is 0 Å². The summed E-state index contributed by atoms with van der Waals surface area (Å²) in [6, 6.07) is 14.2. The van der Waals surface area contributed by atoms with Gasteiger partial charge in [0, 0.05) is 12.7 Å². The summed E-state index contributed by atoms with van der Waals surface area (Å²) in [5.41, 5.74) is 3.35. The molecule has 120 valence electrons. The zero-order chi connectivity index (χ0) is 16.1. The lowest BCUT2D eigenvalue weighted by atomic mass is 10.00. The number of carbonyl (C=O) groups is 1. The van der Waals surface area contributed by atoms with Crippen LogP contribution in [0, 0.1) is 12.8 Å². The molecule has 0 radical (unpaired) electrons. The molecular formula is C19H23N3O. The van der Waals surface area contributed by atoms with Crippen LogP contribution >= 0.6 is 0 Å². The van der Waals surface area contributed by atoms with Crippen LogP contribution < -0.4 is 10.6 Å². The molecule has 1 aromatic carbocycles. The zero-order valence-corrected chi connectivity index (χ0v) is 13.5. The van der Waals surface area contributed by atoms with Crippen LogP contribution in [0.25, 0.3) is 0 Å². The van der Waals surface area contributed by atoms with Crippen LogP contribution in [0.4, 0.5) is 0 Å². The summed E-state index contributed by atoms with van der Waals surface area (Å²) in [5, 5.41) is 6.44. The van der Waals surface area contributed by atoms with Crippen molar-refractivity contribution in [2.45, 2.75) is 25.8 Å². The van der Waals surface area contributed by atoms with Gasteiger partial charge in [0.2, 0.25) is 5.91 Å². The molecule has 3 rings (SSSR count). The molecule has 2 unspecified atom stereocenters. The molecule has 1 amide bonds. The zero-order valence-electron chi connectivity index (χ0n) is 13.5. The molecule has 1 saturated heterocycles. The molecule has 2 aromatic rings. The van der Waals surface area contributed by atoms with Gasteiger partial charge in [-0.2, -0.15) is 0 Å². The average Bonchev–Trinajstić information content (AvgIpc) is 3.12. The van der Waals surface area contributed by atoms with Crippen LogP contribution in [0.5, 0.6) is 0 Å². The second-order valence-corrected chi connectivity index (χ2v) is 6.20. The number of amides is 1. The van der Waals surface area contributed by atoms with Crippen molar-refractivity contribution in [3.63, 3.8) is 0 Å². The molecule has 2 N–H and O–H groups in total. The van der Waals surface area contributed by atoms with Crippen molar-refractivity contribution in [3.8, 4) is 0 Å². The molecule has 2 heterocycles. The minimum atomic E-state index is -0.0907. The van der Waals surface area contributed by atoms with Crippen LogP contribution in [0.2, 0.25) is 0 Å². The predicted molar refractivity (Wildman–Crippen MR) is 91.0 cm³/mol. The summed E-state index contributed by atoms with van der Waals surface area (Å²) in [4.78, 5) is 16.9. The summed E-state index contributed by atoms with van der Waals surface area (Å²) >= 11 is 0. The third-order valence-electron chi connectivity index (χ3n) is 4.35. The number of benzene rings is 1. The number of nitrogens with zero attached hydrogens (tertiary/aromatic N) is 1. The molecule has 0 aliphatic carbocycles. The van der Waals surface area contributed by atoms with Crippen molar-refractivity contribution < 1.29 is 4.79 Å². The van der Waals surface area contributed by atoms with Crippen LogP contribution in [0.15, 0.2) is 48.7 Å². The fraction of sp³-hybridized carbons (Fsp3) is 0.368. The van der Waals surface area contributed by atoms with Gasteiger partial charge in [-0.1, -0.05) is 35.9 Å². The highest BCUT2D eigenvalue weighted by Crippen LogP contribution is 2.19. The highest BCUT2D eigenvalue weighted by molar-refractivity contribution is 5.79. The SMILES string of the molecule is Cc1ccc(CC(NC(=O)C2CCNC2)c2ccccn2)cc1. The fourth-order valence-electron chi connectivity index (χ4n) is 2.94. The largest absolute Gasteiger partial charge is 0.347 e. The quantitative estimate of drug-likeness (QED) is 0.892. The van der Waals surface area contributed by atoms with E-state index in [9.17, 15) is 4.79 Å². The molecule has 1 aliphatic heterocycles. The van der Waals surface area contributed by atoms with E-state index in [1.54, 1.807) is 6.20 Å². The molecule has 0 bridgehead atoms. The van der Waals surface area contributed by atoms with Crippen LogP contribution in [0.3, 0.4) is 0 Å². The van der Waals surface area contributed by atoms with E-state index < -0.39 is 0 Å². The molecule has 1 aliphatic rings. The van der Waals surface area contributed by atoms with Gasteiger partial charge in [0.05, 0.1) is 17.7 Å². The number of rotatable bonds is 5. The first-order chi connectivity index (χ1) is 11.2. The van der Waals surface area contributed by atoms with E-state index in [0.29, 0.717) is 0 Å². The Morgan fingerprint density at radius 3 is 2.78 bits per heavy atom. The van der Waals surface area contributed by atoms with Crippen molar-refractivity contribution in [1.82, 2.24) is 15.6 Å². The predicted octanol–water partition coefficient (Wildman–Crippen LogP) is 2.40. The monoisotopic (exact) mass is 309 g/mol. The van der Waals surface area contributed by atoms with Crippen molar-refractivity contribution in [3.05, 3.63) is 65.5 Å². The van der Waals surface area contributed by atoms with Crippen LogP contribution in [-0.4, -0.2) is 24.0 Å². The van der Waals surface area contributed by atoms with E-state index >= 15 is 0 Å². The van der Waals surface area contributed by atoms with Gasteiger partial charge in [0.25, 0.3) is 0 Å². The summed E-state index contributed by atoms with van der Waals surface area (Å²) in [5.74, 6) is 0.192. The van der Waals surface area contributed by atoms with Crippen LogP contribution in [0.1, 0.15) is 29.3 Å². The Bertz CT molecular complexity index is 633. The Morgan fingerprint density at radius 2 is 2.13 bits per heavy atom. The number of hydrogen-bond acceptors (Lipinski definition) is 3. The highest BCUT2D eigenvalue weighted by atomic mass is 16.2. The second-order valence-electron chi connectivity index (χ2n) is 6.20. The smallest absolute Gasteiger partial charge is 0.224 e. The van der Waals surface area contributed by atoms with E-state index in [0.717, 1.165) is 31.6 Å². The fourth-order valence-corrected chi connectivity index (χ4v) is 2.94. The van der Waals surface area contributed by atoms with E-state index in [2.05, 4.69) is 46.8 Å². The summed E-state index contributed by atoms with van der Waals surface area (Å²) < 4.78 is 0. The van der Waals surface area contributed by atoms with Crippen molar-refractivity contribution in [2.24, 2.45) is 5.92 Å². The number of aryl methyl sites for hydroxylation is 1. The first-order valence-electron chi connectivity index (χ1n) is 8.20. The van der Waals surface area contributed by atoms with E-state index in [1.807, 2.05) is 18.2 Å². The summed E-state index contributed by atoms with van der Waals surface area (Å²) in [6.45, 7) is 3.77. The van der Waals surface area contributed by atoms with Gasteiger partial charge in [-0.05, 0) is 44.0 Å². The molecule has 4 nitrogen and oxygen atoms in total. The lowest BCUT2D eigenvalue weighted by molar-refractivity contribution is -0.125. The van der Waals surface area contributed by atoms with Gasteiger partial charge in [-0.3, -0.25) is 9.78 Å². The Kier molecular flexibility index (Phi) is 5.03. The maximum Gasteiger partial charge on any atom is 0.224 e. The topological polar surface area (TPSA) is 54.0 Å². The number of aromatic nitrogens is 1. The third kappa shape index (κ3) is 4.17. The normalized spacial score (nSPS) is 18.6.